The molecule has 0 spiro atoms. The van der Waals surface area contributed by atoms with Crippen LogP contribution in [0.3, 0.4) is 0 Å². The van der Waals surface area contributed by atoms with E-state index in [4.69, 9.17) is 5.73 Å². The van der Waals surface area contributed by atoms with Crippen LogP contribution in [0.2, 0.25) is 0 Å². The van der Waals surface area contributed by atoms with E-state index in [-0.39, 0.29) is 5.54 Å². The summed E-state index contributed by atoms with van der Waals surface area (Å²) in [6, 6.07) is 0. The van der Waals surface area contributed by atoms with Crippen molar-refractivity contribution in [3.05, 3.63) is 18.2 Å². The molecule has 1 fully saturated rings. The smallest absolute Gasteiger partial charge is 0.110 e. The monoisotopic (exact) mass is 235 g/mol. The zero-order chi connectivity index (χ0) is 12.5. The maximum absolute atomic E-state index is 6.60. The Morgan fingerprint density at radius 3 is 2.82 bits per heavy atom. The number of nitrogens with two attached hydrogens (primary N) is 1. The van der Waals surface area contributed by atoms with Gasteiger partial charge in [-0.15, -0.1) is 0 Å². The molecule has 2 rings (SSSR count). The third kappa shape index (κ3) is 2.89. The third-order valence-corrected chi connectivity index (χ3v) is 4.01. The van der Waals surface area contributed by atoms with Gasteiger partial charge in [-0.05, 0) is 31.6 Å². The normalized spacial score (nSPS) is 28.2. The van der Waals surface area contributed by atoms with Crippen LogP contribution in [-0.4, -0.2) is 15.1 Å². The summed E-state index contributed by atoms with van der Waals surface area (Å²) < 4.78 is 2.20. The number of rotatable bonds is 3. The van der Waals surface area contributed by atoms with Crippen LogP contribution in [0.25, 0.3) is 0 Å². The van der Waals surface area contributed by atoms with Crippen molar-refractivity contribution >= 4 is 0 Å². The van der Waals surface area contributed by atoms with E-state index in [0.717, 1.165) is 31.6 Å². The molecule has 1 heterocycles. The Kier molecular flexibility index (Phi) is 3.30. The van der Waals surface area contributed by atoms with Gasteiger partial charge in [0.25, 0.3) is 0 Å². The summed E-state index contributed by atoms with van der Waals surface area (Å²) in [5.74, 6) is 1.15. The molecule has 0 saturated heterocycles. The Labute approximate surface area is 104 Å². The number of hydrogen-bond donors (Lipinski definition) is 1. The Bertz CT molecular complexity index is 381. The van der Waals surface area contributed by atoms with Gasteiger partial charge in [-0.25, -0.2) is 4.98 Å². The van der Waals surface area contributed by atoms with Gasteiger partial charge in [0.15, 0.2) is 0 Å². The number of aromatic nitrogens is 2. The van der Waals surface area contributed by atoms with Crippen LogP contribution in [-0.2, 0) is 13.0 Å². The standard InChI is InChI=1S/C14H25N3/c1-4-17-9-8-16-12(17)10-14(15)7-5-6-13(2,3)11-14/h8-9H,4-7,10-11,15H2,1-3H3. The van der Waals surface area contributed by atoms with E-state index in [0.29, 0.717) is 5.41 Å². The van der Waals surface area contributed by atoms with Crippen LogP contribution < -0.4 is 5.73 Å². The molecule has 1 aliphatic rings. The molecule has 17 heavy (non-hydrogen) atoms. The molecular formula is C14H25N3. The Morgan fingerprint density at radius 1 is 1.41 bits per heavy atom. The number of aryl methyl sites for hydroxylation is 1. The van der Waals surface area contributed by atoms with Crippen molar-refractivity contribution in [2.45, 2.75) is 65.0 Å². The molecule has 1 aromatic heterocycles. The van der Waals surface area contributed by atoms with Crippen LogP contribution in [0.5, 0.6) is 0 Å². The lowest BCUT2D eigenvalue weighted by Gasteiger charge is -2.42. The Morgan fingerprint density at radius 2 is 2.18 bits per heavy atom. The average Bonchev–Trinajstić information content (AvgIpc) is 2.62. The fourth-order valence-electron chi connectivity index (χ4n) is 3.31. The van der Waals surface area contributed by atoms with E-state index >= 15 is 0 Å². The largest absolute Gasteiger partial charge is 0.335 e. The van der Waals surface area contributed by atoms with E-state index in [2.05, 4.69) is 30.3 Å². The predicted molar refractivity (Wildman–Crippen MR) is 70.8 cm³/mol. The van der Waals surface area contributed by atoms with Crippen molar-refractivity contribution in [3.8, 4) is 0 Å². The maximum atomic E-state index is 6.60. The highest BCUT2D eigenvalue weighted by atomic mass is 15.1. The first kappa shape index (κ1) is 12.6. The molecule has 0 aromatic carbocycles. The van der Waals surface area contributed by atoms with Gasteiger partial charge < -0.3 is 10.3 Å². The number of hydrogen-bond acceptors (Lipinski definition) is 2. The van der Waals surface area contributed by atoms with E-state index in [1.54, 1.807) is 0 Å². The highest BCUT2D eigenvalue weighted by molar-refractivity contribution is 5.04. The minimum absolute atomic E-state index is 0.0555. The summed E-state index contributed by atoms with van der Waals surface area (Å²) in [6.07, 6.45) is 9.63. The zero-order valence-electron chi connectivity index (χ0n) is 11.4. The zero-order valence-corrected chi connectivity index (χ0v) is 11.4. The molecule has 0 aliphatic heterocycles. The van der Waals surface area contributed by atoms with E-state index in [9.17, 15) is 0 Å². The second-order valence-corrected chi connectivity index (χ2v) is 6.36. The van der Waals surface area contributed by atoms with Crippen LogP contribution >= 0.6 is 0 Å². The topological polar surface area (TPSA) is 43.8 Å². The number of imidazole rings is 1. The molecule has 1 saturated carbocycles. The number of nitrogens with zero attached hydrogens (tertiary/aromatic N) is 2. The van der Waals surface area contributed by atoms with Gasteiger partial charge in [-0.3, -0.25) is 0 Å². The highest BCUT2D eigenvalue weighted by Crippen LogP contribution is 2.40. The molecule has 1 aliphatic carbocycles. The van der Waals surface area contributed by atoms with Crippen LogP contribution in [0.15, 0.2) is 12.4 Å². The van der Waals surface area contributed by atoms with Gasteiger partial charge in [-0.2, -0.15) is 0 Å². The molecule has 96 valence electrons. The van der Waals surface area contributed by atoms with E-state index < -0.39 is 0 Å². The quantitative estimate of drug-likeness (QED) is 0.875. The molecule has 0 amide bonds. The lowest BCUT2D eigenvalue weighted by molar-refractivity contribution is 0.148. The summed E-state index contributed by atoms with van der Waals surface area (Å²) in [6.45, 7) is 7.80. The second-order valence-electron chi connectivity index (χ2n) is 6.36. The first-order valence-electron chi connectivity index (χ1n) is 6.73. The van der Waals surface area contributed by atoms with Crippen molar-refractivity contribution in [2.75, 3.05) is 0 Å². The van der Waals surface area contributed by atoms with Gasteiger partial charge in [0.2, 0.25) is 0 Å². The first-order chi connectivity index (χ1) is 7.94. The minimum Gasteiger partial charge on any atom is -0.335 e. The minimum atomic E-state index is -0.0555. The molecule has 1 aromatic rings. The fraction of sp³-hybridized carbons (Fsp3) is 0.786. The Hall–Kier alpha value is -0.830. The summed E-state index contributed by atoms with van der Waals surface area (Å²) >= 11 is 0. The molecule has 3 heteroatoms. The average molecular weight is 235 g/mol. The SMILES string of the molecule is CCn1ccnc1CC1(N)CCCC(C)(C)C1. The Balaban J connectivity index is 2.12. The van der Waals surface area contributed by atoms with Crippen molar-refractivity contribution in [1.29, 1.82) is 0 Å². The predicted octanol–water partition coefficient (Wildman–Crippen LogP) is 2.74. The molecule has 0 bridgehead atoms. The van der Waals surface area contributed by atoms with Crippen LogP contribution in [0, 0.1) is 5.41 Å². The summed E-state index contributed by atoms with van der Waals surface area (Å²) in [4.78, 5) is 4.46. The lowest BCUT2D eigenvalue weighted by atomic mass is 9.67. The third-order valence-electron chi connectivity index (χ3n) is 4.01. The van der Waals surface area contributed by atoms with Crippen molar-refractivity contribution in [2.24, 2.45) is 11.1 Å². The lowest BCUT2D eigenvalue weighted by Crippen LogP contribution is -2.49. The van der Waals surface area contributed by atoms with Crippen LogP contribution in [0.1, 0.15) is 52.3 Å². The second kappa shape index (κ2) is 4.45. The molecule has 2 N–H and O–H groups in total. The van der Waals surface area contributed by atoms with Gasteiger partial charge in [-0.1, -0.05) is 20.3 Å². The van der Waals surface area contributed by atoms with Crippen molar-refractivity contribution in [3.63, 3.8) is 0 Å². The van der Waals surface area contributed by atoms with Crippen molar-refractivity contribution in [1.82, 2.24) is 9.55 Å². The molecule has 0 radical (unpaired) electrons. The maximum Gasteiger partial charge on any atom is 0.110 e. The molecular weight excluding hydrogens is 210 g/mol. The summed E-state index contributed by atoms with van der Waals surface area (Å²) in [7, 11) is 0. The molecule has 3 nitrogen and oxygen atoms in total. The summed E-state index contributed by atoms with van der Waals surface area (Å²) in [5, 5.41) is 0. The van der Waals surface area contributed by atoms with Gasteiger partial charge >= 0.3 is 0 Å². The van der Waals surface area contributed by atoms with Gasteiger partial charge in [0.1, 0.15) is 5.82 Å². The first-order valence-corrected chi connectivity index (χ1v) is 6.73. The fourth-order valence-corrected chi connectivity index (χ4v) is 3.31. The van der Waals surface area contributed by atoms with Crippen LogP contribution in [0.4, 0.5) is 0 Å². The van der Waals surface area contributed by atoms with Gasteiger partial charge in [0.05, 0.1) is 0 Å². The van der Waals surface area contributed by atoms with E-state index in [1.807, 2.05) is 12.4 Å². The highest BCUT2D eigenvalue weighted by Gasteiger charge is 2.37. The molecule has 1 unspecified atom stereocenters. The van der Waals surface area contributed by atoms with Gasteiger partial charge in [0, 0.05) is 30.9 Å². The van der Waals surface area contributed by atoms with E-state index in [1.165, 1.54) is 12.8 Å². The molecule has 1 atom stereocenters. The van der Waals surface area contributed by atoms with Crippen molar-refractivity contribution < 1.29 is 0 Å². The summed E-state index contributed by atoms with van der Waals surface area (Å²) in [5.41, 5.74) is 6.93.